The molecule has 1 saturated carbocycles. The van der Waals surface area contributed by atoms with Crippen molar-refractivity contribution in [3.05, 3.63) is 53.7 Å². The molecule has 0 radical (unpaired) electrons. The highest BCUT2D eigenvalue weighted by Gasteiger charge is 2.33. The summed E-state index contributed by atoms with van der Waals surface area (Å²) in [6, 6.07) is 5.45. The molecule has 156 valence electrons. The molecule has 1 aromatic carbocycles. The van der Waals surface area contributed by atoms with Crippen LogP contribution in [0.3, 0.4) is 0 Å². The predicted octanol–water partition coefficient (Wildman–Crippen LogP) is 2.34. The van der Waals surface area contributed by atoms with Gasteiger partial charge in [0.05, 0.1) is 22.3 Å². The highest BCUT2D eigenvalue weighted by Crippen LogP contribution is 2.33. The summed E-state index contributed by atoms with van der Waals surface area (Å²) in [7, 11) is -1.99. The zero-order chi connectivity index (χ0) is 20.9. The third-order valence-electron chi connectivity index (χ3n) is 5.34. The smallest absolute Gasteiger partial charge is 0.243 e. The molecule has 10 heteroatoms. The van der Waals surface area contributed by atoms with Gasteiger partial charge in [-0.1, -0.05) is 6.07 Å². The molecule has 0 amide bonds. The van der Waals surface area contributed by atoms with E-state index >= 15 is 0 Å². The van der Waals surface area contributed by atoms with Gasteiger partial charge in [-0.3, -0.25) is 4.68 Å². The summed E-state index contributed by atoms with van der Waals surface area (Å²) in [5.74, 6) is 0.668. The van der Waals surface area contributed by atoms with E-state index in [9.17, 15) is 12.8 Å². The van der Waals surface area contributed by atoms with Gasteiger partial charge in [0.25, 0.3) is 0 Å². The summed E-state index contributed by atoms with van der Waals surface area (Å²) in [4.78, 5) is 9.35. The van der Waals surface area contributed by atoms with Gasteiger partial charge in [-0.15, -0.1) is 0 Å². The number of aromatic nitrogens is 4. The monoisotopic (exact) mass is 428 g/mol. The van der Waals surface area contributed by atoms with Gasteiger partial charge < -0.3 is 5.32 Å². The first-order chi connectivity index (χ1) is 14.4. The topological polar surface area (TPSA) is 93.0 Å². The molecule has 0 saturated heterocycles. The van der Waals surface area contributed by atoms with Crippen LogP contribution in [0.4, 0.5) is 10.2 Å². The van der Waals surface area contributed by atoms with E-state index in [1.807, 2.05) is 13.2 Å². The molecule has 0 unspecified atom stereocenters. The Hall–Kier alpha value is -2.85. The molecule has 3 heterocycles. The zero-order valence-electron chi connectivity index (χ0n) is 16.4. The summed E-state index contributed by atoms with van der Waals surface area (Å²) in [6.45, 7) is 0.425. The summed E-state index contributed by atoms with van der Waals surface area (Å²) in [5.41, 5.74) is 2.42. The molecule has 30 heavy (non-hydrogen) atoms. The first-order valence-electron chi connectivity index (χ1n) is 9.81. The molecule has 0 bridgehead atoms. The van der Waals surface area contributed by atoms with Crippen molar-refractivity contribution in [2.75, 3.05) is 11.9 Å². The van der Waals surface area contributed by atoms with E-state index in [0.29, 0.717) is 24.1 Å². The van der Waals surface area contributed by atoms with Crippen LogP contribution in [0.1, 0.15) is 24.1 Å². The summed E-state index contributed by atoms with van der Waals surface area (Å²) >= 11 is 0. The van der Waals surface area contributed by atoms with Crippen LogP contribution in [0.2, 0.25) is 0 Å². The van der Waals surface area contributed by atoms with E-state index in [2.05, 4.69) is 10.4 Å². The first kappa shape index (κ1) is 19.1. The van der Waals surface area contributed by atoms with E-state index in [0.717, 1.165) is 35.7 Å². The number of nitrogens with one attached hydrogen (secondary N) is 1. The number of rotatable bonds is 5. The molecular formula is C20H21FN6O2S. The summed E-state index contributed by atoms with van der Waals surface area (Å²) in [5, 5.41) is 7.61. The maximum atomic E-state index is 13.6. The molecule has 1 fully saturated rings. The van der Waals surface area contributed by atoms with Crippen molar-refractivity contribution in [1.29, 1.82) is 0 Å². The van der Waals surface area contributed by atoms with Crippen LogP contribution in [0.15, 0.2) is 41.6 Å². The van der Waals surface area contributed by atoms with E-state index < -0.39 is 15.8 Å². The molecule has 1 N–H and O–H groups in total. The van der Waals surface area contributed by atoms with Gasteiger partial charge in [0.1, 0.15) is 11.6 Å². The van der Waals surface area contributed by atoms with Crippen molar-refractivity contribution in [2.45, 2.75) is 36.7 Å². The van der Waals surface area contributed by atoms with Gasteiger partial charge >= 0.3 is 0 Å². The van der Waals surface area contributed by atoms with Gasteiger partial charge in [0.2, 0.25) is 10.0 Å². The SMILES string of the molecule is Cn1cc(-c2nc3c(c(NC4CC4)n2)CN(S(=O)(=O)c2cccc(F)c2)CC3)cn1. The first-order valence-corrected chi connectivity index (χ1v) is 11.3. The molecule has 1 aliphatic carbocycles. The van der Waals surface area contributed by atoms with Gasteiger partial charge in [-0.05, 0) is 31.0 Å². The Kier molecular flexibility index (Phi) is 4.55. The van der Waals surface area contributed by atoms with Crippen LogP contribution in [-0.2, 0) is 30.0 Å². The van der Waals surface area contributed by atoms with Crippen LogP contribution in [0, 0.1) is 5.82 Å². The molecule has 5 rings (SSSR count). The third kappa shape index (κ3) is 3.56. The van der Waals surface area contributed by atoms with Gasteiger partial charge in [-0.2, -0.15) is 9.40 Å². The lowest BCUT2D eigenvalue weighted by Crippen LogP contribution is -2.37. The number of nitrogens with zero attached hydrogens (tertiary/aromatic N) is 5. The molecule has 3 aromatic rings. The Balaban J connectivity index is 1.52. The molecule has 1 aliphatic heterocycles. The van der Waals surface area contributed by atoms with Gasteiger partial charge in [0, 0.05) is 44.4 Å². The molecule has 0 spiro atoms. The second-order valence-electron chi connectivity index (χ2n) is 7.69. The average Bonchev–Trinajstić information content (AvgIpc) is 3.44. The van der Waals surface area contributed by atoms with Crippen molar-refractivity contribution in [1.82, 2.24) is 24.1 Å². The molecule has 2 aromatic heterocycles. The van der Waals surface area contributed by atoms with E-state index in [4.69, 9.17) is 9.97 Å². The molecular weight excluding hydrogens is 407 g/mol. The van der Waals surface area contributed by atoms with Crippen LogP contribution in [0.5, 0.6) is 0 Å². The third-order valence-corrected chi connectivity index (χ3v) is 7.18. The Labute approximate surface area is 173 Å². The lowest BCUT2D eigenvalue weighted by atomic mass is 10.1. The number of fused-ring (bicyclic) bond motifs is 1. The van der Waals surface area contributed by atoms with Crippen LogP contribution in [0.25, 0.3) is 11.4 Å². The van der Waals surface area contributed by atoms with E-state index in [-0.39, 0.29) is 18.0 Å². The fourth-order valence-corrected chi connectivity index (χ4v) is 5.02. The van der Waals surface area contributed by atoms with Crippen molar-refractivity contribution < 1.29 is 12.8 Å². The lowest BCUT2D eigenvalue weighted by molar-refractivity contribution is 0.387. The van der Waals surface area contributed by atoms with Crippen LogP contribution in [-0.4, -0.2) is 45.1 Å². The molecule has 0 atom stereocenters. The number of benzene rings is 1. The second-order valence-corrected chi connectivity index (χ2v) is 9.63. The maximum absolute atomic E-state index is 13.6. The quantitative estimate of drug-likeness (QED) is 0.671. The number of anilines is 1. The highest BCUT2D eigenvalue weighted by molar-refractivity contribution is 7.89. The number of aryl methyl sites for hydroxylation is 1. The van der Waals surface area contributed by atoms with Crippen molar-refractivity contribution in [3.63, 3.8) is 0 Å². The number of sulfonamides is 1. The van der Waals surface area contributed by atoms with Crippen molar-refractivity contribution in [3.8, 4) is 11.4 Å². The predicted molar refractivity (Wildman–Crippen MR) is 109 cm³/mol. The molecule has 8 nitrogen and oxygen atoms in total. The minimum Gasteiger partial charge on any atom is -0.367 e. The van der Waals surface area contributed by atoms with E-state index in [1.54, 1.807) is 10.9 Å². The summed E-state index contributed by atoms with van der Waals surface area (Å²) < 4.78 is 42.8. The minimum atomic E-state index is -3.82. The Bertz CT molecular complexity index is 1220. The van der Waals surface area contributed by atoms with Gasteiger partial charge in [-0.25, -0.2) is 22.8 Å². The fourth-order valence-electron chi connectivity index (χ4n) is 3.58. The number of hydrogen-bond donors (Lipinski definition) is 1. The van der Waals surface area contributed by atoms with Crippen LogP contribution >= 0.6 is 0 Å². The maximum Gasteiger partial charge on any atom is 0.243 e. The van der Waals surface area contributed by atoms with Crippen LogP contribution < -0.4 is 5.32 Å². The van der Waals surface area contributed by atoms with Crippen molar-refractivity contribution >= 4 is 15.8 Å². The minimum absolute atomic E-state index is 0.0458. The largest absolute Gasteiger partial charge is 0.367 e. The van der Waals surface area contributed by atoms with Crippen molar-refractivity contribution in [2.24, 2.45) is 7.05 Å². The second kappa shape index (κ2) is 7.13. The number of halogens is 1. The number of hydrogen-bond acceptors (Lipinski definition) is 6. The Morgan fingerprint density at radius 1 is 1.23 bits per heavy atom. The standard InChI is InChI=1S/C20H21FN6O2S/c1-26-11-13(10-22-26)19-24-18-7-8-27(12-17(18)20(25-19)23-15-5-6-15)30(28,29)16-4-2-3-14(21)9-16/h2-4,9-11,15H,5-8,12H2,1H3,(H,23,24,25). The highest BCUT2D eigenvalue weighted by atomic mass is 32.2. The fraction of sp³-hybridized carbons (Fsp3) is 0.350. The Morgan fingerprint density at radius 2 is 2.07 bits per heavy atom. The molecule has 2 aliphatic rings. The normalized spacial score (nSPS) is 17.0. The Morgan fingerprint density at radius 3 is 2.77 bits per heavy atom. The zero-order valence-corrected chi connectivity index (χ0v) is 17.2. The lowest BCUT2D eigenvalue weighted by Gasteiger charge is -2.29. The summed E-state index contributed by atoms with van der Waals surface area (Å²) in [6.07, 6.45) is 6.15. The average molecular weight is 428 g/mol. The van der Waals surface area contributed by atoms with Gasteiger partial charge in [0.15, 0.2) is 5.82 Å². The van der Waals surface area contributed by atoms with E-state index in [1.165, 1.54) is 22.5 Å².